The van der Waals surface area contributed by atoms with Crippen LogP contribution < -0.4 is 11.1 Å². The van der Waals surface area contributed by atoms with Gasteiger partial charge in [0.05, 0.1) is 16.4 Å². The van der Waals surface area contributed by atoms with Gasteiger partial charge in [-0.25, -0.2) is 0 Å². The Balaban J connectivity index is 2.28. The molecule has 0 aliphatic carbocycles. The number of para-hydroxylation sites is 1. The molecule has 2 rings (SSSR count). The molecule has 2 aromatic carbocycles. The fourth-order valence-electron chi connectivity index (χ4n) is 1.64. The largest absolute Gasteiger partial charge is 0.397 e. The van der Waals surface area contributed by atoms with Crippen molar-refractivity contribution < 1.29 is 4.79 Å². The molecule has 0 spiro atoms. The van der Waals surface area contributed by atoms with Gasteiger partial charge in [-0.3, -0.25) is 4.79 Å². The highest BCUT2D eigenvalue weighted by Crippen LogP contribution is 2.28. The number of nitrogens with one attached hydrogen (secondary N) is 1. The summed E-state index contributed by atoms with van der Waals surface area (Å²) >= 11 is 9.41. The molecule has 0 fully saturated rings. The third-order valence-electron chi connectivity index (χ3n) is 2.70. The van der Waals surface area contributed by atoms with Crippen LogP contribution in [0.2, 0.25) is 5.02 Å². The number of hydrogen-bond donors (Lipinski definition) is 2. The van der Waals surface area contributed by atoms with Crippen LogP contribution in [0.25, 0.3) is 0 Å². The molecule has 0 atom stereocenters. The molecule has 0 aliphatic rings. The van der Waals surface area contributed by atoms with E-state index >= 15 is 0 Å². The van der Waals surface area contributed by atoms with Crippen molar-refractivity contribution in [2.24, 2.45) is 0 Å². The van der Waals surface area contributed by atoms with Crippen molar-refractivity contribution in [2.45, 2.75) is 6.92 Å². The second-order valence-corrected chi connectivity index (χ2v) is 5.38. The predicted octanol–water partition coefficient (Wildman–Crippen LogP) is 4.25. The maximum absolute atomic E-state index is 12.1. The Morgan fingerprint density at radius 3 is 2.68 bits per heavy atom. The molecule has 3 N–H and O–H groups in total. The van der Waals surface area contributed by atoms with Crippen LogP contribution in [-0.2, 0) is 0 Å². The van der Waals surface area contributed by atoms with E-state index in [4.69, 9.17) is 17.3 Å². The van der Waals surface area contributed by atoms with Gasteiger partial charge in [-0.1, -0.05) is 33.6 Å². The molecule has 2 aromatic rings. The first kappa shape index (κ1) is 13.9. The Morgan fingerprint density at radius 2 is 2.05 bits per heavy atom. The van der Waals surface area contributed by atoms with E-state index in [-0.39, 0.29) is 5.91 Å². The highest BCUT2D eigenvalue weighted by Gasteiger charge is 2.11. The number of benzene rings is 2. The number of aryl methyl sites for hydroxylation is 1. The van der Waals surface area contributed by atoms with E-state index < -0.39 is 0 Å². The van der Waals surface area contributed by atoms with Crippen molar-refractivity contribution >= 4 is 44.8 Å². The summed E-state index contributed by atoms with van der Waals surface area (Å²) in [5, 5.41) is 3.15. The predicted molar refractivity (Wildman–Crippen MR) is 82.7 cm³/mol. The fourth-order valence-corrected chi connectivity index (χ4v) is 2.12. The van der Waals surface area contributed by atoms with E-state index in [2.05, 4.69) is 21.2 Å². The van der Waals surface area contributed by atoms with E-state index in [0.29, 0.717) is 22.0 Å². The molecule has 3 nitrogen and oxygen atoms in total. The zero-order valence-corrected chi connectivity index (χ0v) is 12.5. The van der Waals surface area contributed by atoms with Crippen LogP contribution in [0, 0.1) is 6.92 Å². The van der Waals surface area contributed by atoms with Crippen LogP contribution >= 0.6 is 27.5 Å². The van der Waals surface area contributed by atoms with Gasteiger partial charge in [0.2, 0.25) is 0 Å². The molecular formula is C14H12BrClN2O. The zero-order chi connectivity index (χ0) is 14.0. The molecule has 19 heavy (non-hydrogen) atoms. The van der Waals surface area contributed by atoms with E-state index in [1.54, 1.807) is 30.3 Å². The Morgan fingerprint density at radius 1 is 1.32 bits per heavy atom. The van der Waals surface area contributed by atoms with Gasteiger partial charge in [-0.2, -0.15) is 0 Å². The summed E-state index contributed by atoms with van der Waals surface area (Å²) in [5.74, 6) is -0.240. The van der Waals surface area contributed by atoms with Crippen LogP contribution in [-0.4, -0.2) is 5.91 Å². The van der Waals surface area contributed by atoms with Crippen molar-refractivity contribution in [1.29, 1.82) is 0 Å². The number of anilines is 2. The quantitative estimate of drug-likeness (QED) is 0.804. The van der Waals surface area contributed by atoms with Crippen molar-refractivity contribution in [3.05, 3.63) is 57.0 Å². The average Bonchev–Trinajstić information content (AvgIpc) is 2.37. The van der Waals surface area contributed by atoms with Crippen molar-refractivity contribution in [3.8, 4) is 0 Å². The highest BCUT2D eigenvalue weighted by atomic mass is 79.9. The summed E-state index contributed by atoms with van der Waals surface area (Å²) in [6, 6.07) is 10.5. The van der Waals surface area contributed by atoms with Gasteiger partial charge in [0.15, 0.2) is 0 Å². The molecule has 0 unspecified atom stereocenters. The van der Waals surface area contributed by atoms with E-state index in [1.807, 2.05) is 13.0 Å². The zero-order valence-electron chi connectivity index (χ0n) is 10.2. The lowest BCUT2D eigenvalue weighted by atomic mass is 10.1. The number of nitrogen functional groups attached to an aromatic ring is 1. The molecule has 0 aromatic heterocycles. The van der Waals surface area contributed by atoms with Crippen molar-refractivity contribution in [1.82, 2.24) is 0 Å². The van der Waals surface area contributed by atoms with Crippen LogP contribution in [0.3, 0.4) is 0 Å². The van der Waals surface area contributed by atoms with Crippen LogP contribution in [0.4, 0.5) is 11.4 Å². The van der Waals surface area contributed by atoms with Gasteiger partial charge >= 0.3 is 0 Å². The first-order valence-corrected chi connectivity index (χ1v) is 6.77. The van der Waals surface area contributed by atoms with Crippen molar-refractivity contribution in [3.63, 3.8) is 0 Å². The third-order valence-corrected chi connectivity index (χ3v) is 3.91. The molecule has 0 radical (unpaired) electrons. The molecule has 0 saturated carbocycles. The number of nitrogens with two attached hydrogens (primary N) is 1. The summed E-state index contributed by atoms with van der Waals surface area (Å²) in [4.78, 5) is 12.1. The molecule has 5 heteroatoms. The van der Waals surface area contributed by atoms with Gasteiger partial charge in [0.1, 0.15) is 0 Å². The summed E-state index contributed by atoms with van der Waals surface area (Å²) in [6.07, 6.45) is 0. The summed E-state index contributed by atoms with van der Waals surface area (Å²) in [7, 11) is 0. The number of amides is 1. The number of rotatable bonds is 2. The Labute approximate surface area is 124 Å². The first-order chi connectivity index (χ1) is 8.99. The summed E-state index contributed by atoms with van der Waals surface area (Å²) < 4.78 is 0.960. The topological polar surface area (TPSA) is 55.1 Å². The maximum Gasteiger partial charge on any atom is 0.255 e. The Hall–Kier alpha value is -1.52. The van der Waals surface area contributed by atoms with Crippen molar-refractivity contribution in [2.75, 3.05) is 11.1 Å². The van der Waals surface area contributed by atoms with Crippen LogP contribution in [0.15, 0.2) is 40.9 Å². The Bertz CT molecular complexity index is 623. The van der Waals surface area contributed by atoms with E-state index in [9.17, 15) is 4.79 Å². The third kappa shape index (κ3) is 3.08. The Kier molecular flexibility index (Phi) is 4.12. The number of carbonyl (C=O) groups excluding carboxylic acids is 1. The maximum atomic E-state index is 12.1. The molecular weight excluding hydrogens is 328 g/mol. The summed E-state index contributed by atoms with van der Waals surface area (Å²) in [5.41, 5.74) is 8.22. The van der Waals surface area contributed by atoms with Gasteiger partial charge in [-0.15, -0.1) is 0 Å². The minimum Gasteiger partial charge on any atom is -0.397 e. The molecule has 0 heterocycles. The number of hydrogen-bond acceptors (Lipinski definition) is 2. The van der Waals surface area contributed by atoms with Crippen LogP contribution in [0.1, 0.15) is 15.9 Å². The summed E-state index contributed by atoms with van der Waals surface area (Å²) in [6.45, 7) is 1.92. The average molecular weight is 340 g/mol. The smallest absolute Gasteiger partial charge is 0.255 e. The molecule has 1 amide bonds. The second-order valence-electron chi connectivity index (χ2n) is 4.12. The fraction of sp³-hybridized carbons (Fsp3) is 0.0714. The molecule has 0 aliphatic heterocycles. The van der Waals surface area contributed by atoms with Gasteiger partial charge in [-0.05, 0) is 42.8 Å². The van der Waals surface area contributed by atoms with Gasteiger partial charge in [0, 0.05) is 10.0 Å². The van der Waals surface area contributed by atoms with Crippen LogP contribution in [0.5, 0.6) is 0 Å². The number of halogens is 2. The van der Waals surface area contributed by atoms with E-state index in [0.717, 1.165) is 10.0 Å². The van der Waals surface area contributed by atoms with Gasteiger partial charge < -0.3 is 11.1 Å². The molecule has 98 valence electrons. The lowest BCUT2D eigenvalue weighted by Crippen LogP contribution is -2.13. The normalized spacial score (nSPS) is 10.3. The molecule has 0 saturated heterocycles. The monoisotopic (exact) mass is 338 g/mol. The lowest BCUT2D eigenvalue weighted by molar-refractivity contribution is 0.102. The minimum atomic E-state index is -0.240. The standard InChI is InChI=1S/C14H12BrClN2O/c1-8-7-9(5-6-10(8)15)14(19)18-13-11(16)3-2-4-12(13)17/h2-7H,17H2,1H3,(H,18,19). The number of carbonyl (C=O) groups is 1. The SMILES string of the molecule is Cc1cc(C(=O)Nc2c(N)cccc2Cl)ccc1Br. The van der Waals surface area contributed by atoms with Gasteiger partial charge in [0.25, 0.3) is 5.91 Å². The van der Waals surface area contributed by atoms with E-state index in [1.165, 1.54) is 0 Å². The molecule has 0 bridgehead atoms. The second kappa shape index (κ2) is 5.63. The first-order valence-electron chi connectivity index (χ1n) is 5.60. The highest BCUT2D eigenvalue weighted by molar-refractivity contribution is 9.10. The lowest BCUT2D eigenvalue weighted by Gasteiger charge is -2.10. The minimum absolute atomic E-state index is 0.240.